The molecule has 3 unspecified atom stereocenters. The van der Waals surface area contributed by atoms with Gasteiger partial charge in [-0.3, -0.25) is 10.1 Å². The molecular formula is C12H21N5O3. The van der Waals surface area contributed by atoms with Crippen LogP contribution in [0.15, 0.2) is 4.99 Å². The lowest BCUT2D eigenvalue weighted by Gasteiger charge is -2.36. The number of aliphatic hydroxyl groups excluding tert-OH is 1. The molecule has 3 amide bonds. The number of urea groups is 1. The van der Waals surface area contributed by atoms with Crippen molar-refractivity contribution in [2.45, 2.75) is 45.1 Å². The first-order valence-corrected chi connectivity index (χ1v) is 6.68. The fourth-order valence-corrected chi connectivity index (χ4v) is 2.39. The van der Waals surface area contributed by atoms with E-state index in [0.717, 1.165) is 0 Å². The Labute approximate surface area is 117 Å². The fourth-order valence-electron chi connectivity index (χ4n) is 2.39. The summed E-state index contributed by atoms with van der Waals surface area (Å²) in [6.07, 6.45) is -1.17. The number of aliphatic hydroxyl groups is 1. The summed E-state index contributed by atoms with van der Waals surface area (Å²) < 4.78 is 0. The highest BCUT2D eigenvalue weighted by Gasteiger charge is 2.48. The van der Waals surface area contributed by atoms with Crippen molar-refractivity contribution in [3.05, 3.63) is 0 Å². The number of amides is 3. The molecule has 8 nitrogen and oxygen atoms in total. The summed E-state index contributed by atoms with van der Waals surface area (Å²) in [6, 6.07) is -0.925. The molecular weight excluding hydrogens is 262 g/mol. The number of carbonyl (C=O) groups excluding carboxylic acids is 2. The standard InChI is InChI=1S/C12H21N5O3/c1-6(2)13-11-14-9-8(17(11)5-7(3)18)10(19)15-12(20)16(9)4/h6-9,18H,5H2,1-4H3,(H,13,14)(H,15,19,20). The first-order valence-electron chi connectivity index (χ1n) is 6.68. The topological polar surface area (TPSA) is 97.3 Å². The van der Waals surface area contributed by atoms with Crippen molar-refractivity contribution in [1.29, 1.82) is 0 Å². The van der Waals surface area contributed by atoms with E-state index in [9.17, 15) is 14.7 Å². The number of aliphatic imine (C=N–C) groups is 1. The van der Waals surface area contributed by atoms with Gasteiger partial charge in [0, 0.05) is 19.6 Å². The molecule has 0 aromatic rings. The van der Waals surface area contributed by atoms with Gasteiger partial charge in [0.2, 0.25) is 0 Å². The van der Waals surface area contributed by atoms with Gasteiger partial charge in [-0.15, -0.1) is 0 Å². The summed E-state index contributed by atoms with van der Waals surface area (Å²) in [4.78, 5) is 31.3. The lowest BCUT2D eigenvalue weighted by molar-refractivity contribution is -0.127. The summed E-state index contributed by atoms with van der Waals surface area (Å²) in [5.74, 6) is 0.149. The van der Waals surface area contributed by atoms with Gasteiger partial charge in [0.05, 0.1) is 6.10 Å². The van der Waals surface area contributed by atoms with Gasteiger partial charge in [0.1, 0.15) is 0 Å². The van der Waals surface area contributed by atoms with Crippen molar-refractivity contribution < 1.29 is 14.7 Å². The van der Waals surface area contributed by atoms with E-state index in [1.54, 1.807) is 18.9 Å². The summed E-state index contributed by atoms with van der Waals surface area (Å²) in [7, 11) is 1.60. The number of fused-ring (bicyclic) bond motifs is 1. The second-order valence-electron chi connectivity index (χ2n) is 5.52. The average Bonchev–Trinajstić information content (AvgIpc) is 2.64. The molecule has 2 rings (SSSR count). The Kier molecular flexibility index (Phi) is 3.85. The van der Waals surface area contributed by atoms with E-state index in [4.69, 9.17) is 0 Å². The van der Waals surface area contributed by atoms with E-state index in [1.165, 1.54) is 4.90 Å². The van der Waals surface area contributed by atoms with Crippen LogP contribution in [-0.4, -0.2) is 70.8 Å². The summed E-state index contributed by atoms with van der Waals surface area (Å²) >= 11 is 0. The second kappa shape index (κ2) is 5.28. The van der Waals surface area contributed by atoms with Crippen LogP contribution in [0.1, 0.15) is 20.8 Å². The second-order valence-corrected chi connectivity index (χ2v) is 5.52. The van der Waals surface area contributed by atoms with Crippen LogP contribution < -0.4 is 10.6 Å². The maximum atomic E-state index is 12.1. The van der Waals surface area contributed by atoms with E-state index in [0.29, 0.717) is 5.96 Å². The first kappa shape index (κ1) is 14.6. The Bertz CT molecular complexity index is 448. The zero-order valence-electron chi connectivity index (χ0n) is 12.1. The molecule has 2 aliphatic rings. The van der Waals surface area contributed by atoms with Crippen LogP contribution >= 0.6 is 0 Å². The van der Waals surface area contributed by atoms with Crippen LogP contribution in [0, 0.1) is 0 Å². The minimum atomic E-state index is -0.608. The number of guanidine groups is 1. The van der Waals surface area contributed by atoms with E-state index in [2.05, 4.69) is 15.6 Å². The maximum absolute atomic E-state index is 12.1. The predicted octanol–water partition coefficient (Wildman–Crippen LogP) is -1.09. The van der Waals surface area contributed by atoms with Crippen molar-refractivity contribution in [2.75, 3.05) is 13.6 Å². The van der Waals surface area contributed by atoms with E-state index >= 15 is 0 Å². The normalized spacial score (nSPS) is 27.4. The number of nitrogens with zero attached hydrogens (tertiary/aromatic N) is 3. The Hall–Kier alpha value is -1.83. The lowest BCUT2D eigenvalue weighted by Crippen LogP contribution is -2.64. The molecule has 3 atom stereocenters. The summed E-state index contributed by atoms with van der Waals surface area (Å²) in [5, 5.41) is 15.1. The lowest BCUT2D eigenvalue weighted by atomic mass is 10.1. The molecule has 0 saturated carbocycles. The van der Waals surface area contributed by atoms with Crippen LogP contribution in [0.3, 0.4) is 0 Å². The number of likely N-dealkylation sites (N-methyl/N-ethyl adjacent to an activating group) is 1. The SMILES string of the molecule is CC(O)CN1C(NC(C)C)=NC2C1C(=O)NC(=O)N2C. The molecule has 1 saturated heterocycles. The molecule has 0 bridgehead atoms. The van der Waals surface area contributed by atoms with Crippen LogP contribution in [0.25, 0.3) is 0 Å². The third-order valence-corrected chi connectivity index (χ3v) is 3.24. The number of rotatable bonds is 3. The van der Waals surface area contributed by atoms with E-state index in [1.807, 2.05) is 13.8 Å². The van der Waals surface area contributed by atoms with Gasteiger partial charge in [0.25, 0.3) is 5.91 Å². The molecule has 2 aliphatic heterocycles. The monoisotopic (exact) mass is 283 g/mol. The van der Waals surface area contributed by atoms with Crippen molar-refractivity contribution in [3.8, 4) is 0 Å². The summed E-state index contributed by atoms with van der Waals surface area (Å²) in [6.45, 7) is 5.84. The average molecular weight is 283 g/mol. The van der Waals surface area contributed by atoms with E-state index < -0.39 is 24.3 Å². The quantitative estimate of drug-likeness (QED) is 0.612. The largest absolute Gasteiger partial charge is 0.392 e. The first-order chi connectivity index (χ1) is 9.31. The zero-order valence-corrected chi connectivity index (χ0v) is 12.1. The fraction of sp³-hybridized carbons (Fsp3) is 0.750. The number of carbonyl (C=O) groups is 2. The maximum Gasteiger partial charge on any atom is 0.325 e. The number of imide groups is 1. The minimum Gasteiger partial charge on any atom is -0.392 e. The van der Waals surface area contributed by atoms with Crippen molar-refractivity contribution in [1.82, 2.24) is 20.4 Å². The van der Waals surface area contributed by atoms with Crippen molar-refractivity contribution in [3.63, 3.8) is 0 Å². The highest BCUT2D eigenvalue weighted by Crippen LogP contribution is 2.23. The molecule has 2 heterocycles. The molecule has 0 aromatic carbocycles. The zero-order chi connectivity index (χ0) is 15.0. The third-order valence-electron chi connectivity index (χ3n) is 3.24. The number of nitrogens with one attached hydrogen (secondary N) is 2. The Balaban J connectivity index is 2.30. The molecule has 1 fully saturated rings. The molecule has 0 aromatic heterocycles. The Morgan fingerprint density at radius 2 is 2.05 bits per heavy atom. The van der Waals surface area contributed by atoms with Gasteiger partial charge in [0.15, 0.2) is 18.2 Å². The number of hydrogen-bond donors (Lipinski definition) is 3. The van der Waals surface area contributed by atoms with Crippen LogP contribution in [0.5, 0.6) is 0 Å². The molecule has 0 aliphatic carbocycles. The van der Waals surface area contributed by atoms with Gasteiger partial charge in [-0.05, 0) is 20.8 Å². The highest BCUT2D eigenvalue weighted by atomic mass is 16.3. The van der Waals surface area contributed by atoms with E-state index in [-0.39, 0.29) is 18.5 Å². The van der Waals surface area contributed by atoms with Crippen molar-refractivity contribution >= 4 is 17.9 Å². The number of hydrogen-bond acceptors (Lipinski definition) is 6. The smallest absolute Gasteiger partial charge is 0.325 e. The van der Waals surface area contributed by atoms with Crippen LogP contribution in [0.4, 0.5) is 4.79 Å². The molecule has 3 N–H and O–H groups in total. The number of β-amino-alcohol motifs (C(OH)–C–C–N with tert-alkyl or cyclic N) is 1. The van der Waals surface area contributed by atoms with Crippen molar-refractivity contribution in [2.24, 2.45) is 4.99 Å². The molecule has 8 heteroatoms. The van der Waals surface area contributed by atoms with Gasteiger partial charge >= 0.3 is 6.03 Å². The highest BCUT2D eigenvalue weighted by molar-refractivity contribution is 6.03. The Morgan fingerprint density at radius 3 is 2.60 bits per heavy atom. The molecule has 0 spiro atoms. The molecule has 112 valence electrons. The predicted molar refractivity (Wildman–Crippen MR) is 73.0 cm³/mol. The molecule has 20 heavy (non-hydrogen) atoms. The van der Waals surface area contributed by atoms with Crippen LogP contribution in [0.2, 0.25) is 0 Å². The van der Waals surface area contributed by atoms with Gasteiger partial charge in [-0.25, -0.2) is 9.79 Å². The third kappa shape index (κ3) is 2.55. The molecule has 0 radical (unpaired) electrons. The van der Waals surface area contributed by atoms with Gasteiger partial charge in [-0.2, -0.15) is 0 Å². The Morgan fingerprint density at radius 1 is 1.40 bits per heavy atom. The van der Waals surface area contributed by atoms with Gasteiger partial charge < -0.3 is 20.2 Å². The minimum absolute atomic E-state index is 0.134. The van der Waals surface area contributed by atoms with Gasteiger partial charge in [-0.1, -0.05) is 0 Å². The van der Waals surface area contributed by atoms with Crippen LogP contribution in [-0.2, 0) is 4.79 Å². The summed E-state index contributed by atoms with van der Waals surface area (Å²) in [5.41, 5.74) is 0.